The lowest BCUT2D eigenvalue weighted by Crippen LogP contribution is -2.08. The molecule has 16 heavy (non-hydrogen) atoms. The average molecular weight is 249 g/mol. The van der Waals surface area contributed by atoms with Crippen LogP contribution in [0.25, 0.3) is 0 Å². The van der Waals surface area contributed by atoms with Gasteiger partial charge in [0.15, 0.2) is 0 Å². The highest BCUT2D eigenvalue weighted by Crippen LogP contribution is 2.34. The summed E-state index contributed by atoms with van der Waals surface area (Å²) in [5.74, 6) is 1.99. The number of hydrogen-bond acceptors (Lipinski definition) is 0. The van der Waals surface area contributed by atoms with E-state index in [1.54, 1.807) is 6.92 Å². The molecule has 0 amide bonds. The van der Waals surface area contributed by atoms with Crippen LogP contribution in [0.5, 0.6) is 0 Å². The number of halogens is 4. The highest BCUT2D eigenvalue weighted by molar-refractivity contribution is 6.31. The average Bonchev–Trinajstić information content (AvgIpc) is 2.23. The van der Waals surface area contributed by atoms with Gasteiger partial charge < -0.3 is 0 Å². The molecule has 0 aliphatic carbocycles. The summed E-state index contributed by atoms with van der Waals surface area (Å²) >= 11 is 5.58. The van der Waals surface area contributed by atoms with Crippen molar-refractivity contribution in [3.05, 3.63) is 33.8 Å². The standard InChI is InChI=1S/C10H6ClF3.C2H6/c1-3-7-4-6(2)9(11)5-8(7)10(12,13)14;1-2/h1,4-5H,2H3;1-2H3. The van der Waals surface area contributed by atoms with Gasteiger partial charge in [0, 0.05) is 10.6 Å². The summed E-state index contributed by atoms with van der Waals surface area (Å²) < 4.78 is 37.2. The van der Waals surface area contributed by atoms with E-state index in [4.69, 9.17) is 18.0 Å². The first-order valence-corrected chi connectivity index (χ1v) is 5.08. The van der Waals surface area contributed by atoms with Gasteiger partial charge in [-0.25, -0.2) is 0 Å². The lowest BCUT2D eigenvalue weighted by atomic mass is 10.0. The smallest absolute Gasteiger partial charge is 0.166 e. The normalized spacial score (nSPS) is 10.1. The second-order valence-corrected chi connectivity index (χ2v) is 3.20. The quantitative estimate of drug-likeness (QED) is 0.585. The van der Waals surface area contributed by atoms with Crippen LogP contribution in [0.15, 0.2) is 12.1 Å². The number of hydrogen-bond donors (Lipinski definition) is 0. The van der Waals surface area contributed by atoms with Gasteiger partial charge in [-0.1, -0.05) is 31.4 Å². The molecule has 0 unspecified atom stereocenters. The minimum absolute atomic E-state index is 0.0660. The van der Waals surface area contributed by atoms with Gasteiger partial charge >= 0.3 is 6.18 Å². The second kappa shape index (κ2) is 5.81. The topological polar surface area (TPSA) is 0 Å². The maximum Gasteiger partial charge on any atom is 0.417 e. The van der Waals surface area contributed by atoms with Crippen LogP contribution in [0.1, 0.15) is 30.5 Å². The Bertz CT molecular complexity index is 400. The van der Waals surface area contributed by atoms with E-state index < -0.39 is 11.7 Å². The summed E-state index contributed by atoms with van der Waals surface area (Å²) in [5, 5.41) is 0.0660. The highest BCUT2D eigenvalue weighted by Gasteiger charge is 2.33. The zero-order chi connectivity index (χ0) is 12.9. The largest absolute Gasteiger partial charge is 0.417 e. The number of benzene rings is 1. The summed E-state index contributed by atoms with van der Waals surface area (Å²) in [4.78, 5) is 0. The maximum absolute atomic E-state index is 12.4. The summed E-state index contributed by atoms with van der Waals surface area (Å²) in [6.45, 7) is 5.60. The molecule has 0 aliphatic rings. The van der Waals surface area contributed by atoms with Gasteiger partial charge in [0.05, 0.1) is 5.56 Å². The van der Waals surface area contributed by atoms with Crippen molar-refractivity contribution in [2.45, 2.75) is 26.9 Å². The monoisotopic (exact) mass is 248 g/mol. The van der Waals surface area contributed by atoms with Crippen molar-refractivity contribution < 1.29 is 13.2 Å². The van der Waals surface area contributed by atoms with Crippen molar-refractivity contribution >= 4 is 11.6 Å². The third-order valence-corrected chi connectivity index (χ3v) is 2.17. The SMILES string of the molecule is C#Cc1cc(C)c(Cl)cc1C(F)(F)F.CC. The number of rotatable bonds is 0. The maximum atomic E-state index is 12.4. The van der Waals surface area contributed by atoms with Gasteiger partial charge in [-0.2, -0.15) is 13.2 Å². The van der Waals surface area contributed by atoms with Crippen molar-refractivity contribution in [1.29, 1.82) is 0 Å². The first-order chi connectivity index (χ1) is 7.36. The van der Waals surface area contributed by atoms with Crippen LogP contribution < -0.4 is 0 Å². The molecule has 0 aliphatic heterocycles. The Morgan fingerprint density at radius 3 is 2.12 bits per heavy atom. The molecule has 0 aromatic heterocycles. The molecule has 0 fully saturated rings. The summed E-state index contributed by atoms with van der Waals surface area (Å²) in [7, 11) is 0. The predicted octanol–water partition coefficient (Wildman–Crippen LogP) is 4.67. The molecule has 1 aromatic rings. The van der Waals surface area contributed by atoms with Gasteiger partial charge in [-0.3, -0.25) is 0 Å². The van der Waals surface area contributed by atoms with Gasteiger partial charge in [-0.15, -0.1) is 6.42 Å². The molecule has 0 atom stereocenters. The van der Waals surface area contributed by atoms with Crippen molar-refractivity contribution in [3.63, 3.8) is 0 Å². The fourth-order valence-corrected chi connectivity index (χ4v) is 1.20. The molecular weight excluding hydrogens is 237 g/mol. The zero-order valence-electron chi connectivity index (χ0n) is 9.24. The Hall–Kier alpha value is -1.14. The van der Waals surface area contributed by atoms with E-state index >= 15 is 0 Å². The zero-order valence-corrected chi connectivity index (χ0v) is 10.00. The number of terminal acetylenes is 1. The first-order valence-electron chi connectivity index (χ1n) is 4.70. The molecule has 4 heteroatoms. The molecule has 0 heterocycles. The molecule has 1 rings (SSSR count). The number of aryl methyl sites for hydroxylation is 1. The second-order valence-electron chi connectivity index (χ2n) is 2.79. The van der Waals surface area contributed by atoms with Gasteiger partial charge in [-0.05, 0) is 24.6 Å². The lowest BCUT2D eigenvalue weighted by molar-refractivity contribution is -0.137. The van der Waals surface area contributed by atoms with E-state index in [0.29, 0.717) is 5.56 Å². The van der Waals surface area contributed by atoms with E-state index in [1.165, 1.54) is 6.07 Å². The molecule has 1 aromatic carbocycles. The van der Waals surface area contributed by atoms with Crippen molar-refractivity contribution in [2.75, 3.05) is 0 Å². The minimum atomic E-state index is -4.46. The van der Waals surface area contributed by atoms with Gasteiger partial charge in [0.25, 0.3) is 0 Å². The van der Waals surface area contributed by atoms with Crippen LogP contribution in [0.2, 0.25) is 5.02 Å². The summed E-state index contributed by atoms with van der Waals surface area (Å²) in [6.07, 6.45) is 0.514. The van der Waals surface area contributed by atoms with E-state index in [9.17, 15) is 13.2 Å². The van der Waals surface area contributed by atoms with Crippen LogP contribution in [0.4, 0.5) is 13.2 Å². The Kier molecular flexibility index (Phi) is 5.40. The van der Waals surface area contributed by atoms with Gasteiger partial charge in [0.2, 0.25) is 0 Å². The van der Waals surface area contributed by atoms with E-state index in [0.717, 1.165) is 6.07 Å². The first kappa shape index (κ1) is 14.9. The van der Waals surface area contributed by atoms with Crippen molar-refractivity contribution in [3.8, 4) is 12.3 Å². The van der Waals surface area contributed by atoms with Crippen LogP contribution in [0.3, 0.4) is 0 Å². The molecular formula is C12H12ClF3. The molecule has 0 spiro atoms. The third kappa shape index (κ3) is 3.46. The Morgan fingerprint density at radius 1 is 1.25 bits per heavy atom. The molecule has 88 valence electrons. The van der Waals surface area contributed by atoms with Crippen LogP contribution >= 0.6 is 11.6 Å². The van der Waals surface area contributed by atoms with Crippen LogP contribution in [-0.2, 0) is 6.18 Å². The minimum Gasteiger partial charge on any atom is -0.166 e. The van der Waals surface area contributed by atoms with Crippen molar-refractivity contribution in [2.24, 2.45) is 0 Å². The van der Waals surface area contributed by atoms with Crippen LogP contribution in [0, 0.1) is 19.3 Å². The summed E-state index contributed by atoms with van der Waals surface area (Å²) in [5.41, 5.74) is -0.511. The van der Waals surface area contributed by atoms with E-state index in [1.807, 2.05) is 19.8 Å². The van der Waals surface area contributed by atoms with E-state index in [2.05, 4.69) is 0 Å². The van der Waals surface area contributed by atoms with Gasteiger partial charge in [0.1, 0.15) is 0 Å². The molecule has 0 saturated carbocycles. The lowest BCUT2D eigenvalue weighted by Gasteiger charge is -2.10. The molecule has 0 radical (unpaired) electrons. The van der Waals surface area contributed by atoms with Crippen molar-refractivity contribution in [1.82, 2.24) is 0 Å². The Labute approximate surface area is 98.4 Å². The Morgan fingerprint density at radius 2 is 1.75 bits per heavy atom. The predicted molar refractivity (Wildman–Crippen MR) is 60.5 cm³/mol. The third-order valence-electron chi connectivity index (χ3n) is 1.76. The number of alkyl halides is 3. The van der Waals surface area contributed by atoms with Crippen LogP contribution in [-0.4, -0.2) is 0 Å². The molecule has 0 saturated heterocycles. The molecule has 0 N–H and O–H groups in total. The fourth-order valence-electron chi connectivity index (χ4n) is 1.04. The fraction of sp³-hybridized carbons (Fsp3) is 0.333. The molecule has 0 nitrogen and oxygen atoms in total. The molecule has 0 bridgehead atoms. The summed E-state index contributed by atoms with van der Waals surface area (Å²) in [6, 6.07) is 2.11. The Balaban J connectivity index is 0.00000106. The highest BCUT2D eigenvalue weighted by atomic mass is 35.5. The van der Waals surface area contributed by atoms with E-state index in [-0.39, 0.29) is 10.6 Å².